The number of carbonyl (C=O) groups is 3. The van der Waals surface area contributed by atoms with Crippen LogP contribution in [0.25, 0.3) is 0 Å². The van der Waals surface area contributed by atoms with Crippen LogP contribution in [-0.4, -0.2) is 57.3 Å². The first-order chi connectivity index (χ1) is 20.9. The van der Waals surface area contributed by atoms with Gasteiger partial charge in [-0.2, -0.15) is 0 Å². The van der Waals surface area contributed by atoms with Crippen LogP contribution in [0.15, 0.2) is 15.8 Å². The van der Waals surface area contributed by atoms with Crippen LogP contribution >= 0.6 is 22.6 Å². The van der Waals surface area contributed by atoms with Gasteiger partial charge in [-0.1, -0.05) is 21.3 Å². The van der Waals surface area contributed by atoms with Gasteiger partial charge < -0.3 is 19.3 Å². The Bertz CT molecular complexity index is 1430. The van der Waals surface area contributed by atoms with E-state index < -0.39 is 48.2 Å². The number of hydrogen-bond acceptors (Lipinski definition) is 9. The molecule has 1 saturated heterocycles. The quantitative estimate of drug-likeness (QED) is 0.308. The fourth-order valence-electron chi connectivity index (χ4n) is 9.67. The zero-order valence-corrected chi connectivity index (χ0v) is 27.6. The van der Waals surface area contributed by atoms with Crippen LogP contribution < -0.4 is 11.2 Å². The summed E-state index contributed by atoms with van der Waals surface area (Å²) in [5.74, 6) is 1.66. The van der Waals surface area contributed by atoms with Crippen molar-refractivity contribution in [2.45, 2.75) is 123 Å². The molecule has 4 aliphatic carbocycles. The Hall–Kier alpha value is -2.06. The topological polar surface area (TPSA) is 154 Å². The number of rotatable bonds is 7. The molecule has 1 aliphatic heterocycles. The van der Waals surface area contributed by atoms with Crippen molar-refractivity contribution in [3.8, 4) is 0 Å². The van der Waals surface area contributed by atoms with Gasteiger partial charge in [0, 0.05) is 30.9 Å². The Balaban J connectivity index is 0.00000400. The number of ether oxygens (including phenoxy) is 3. The normalized spacial score (nSPS) is 38.8. The van der Waals surface area contributed by atoms with Crippen molar-refractivity contribution >= 4 is 40.3 Å². The summed E-state index contributed by atoms with van der Waals surface area (Å²) < 4.78 is 18.9. The molecule has 0 aromatic carbocycles. The van der Waals surface area contributed by atoms with Crippen LogP contribution in [0.1, 0.15) is 105 Å². The number of carbonyl (C=O) groups excluding carboxylic acids is 3. The number of hydrogen-bond donors (Lipinski definition) is 2. The number of Topliss-reactive ketones (excluding diaryl/α,β-unsaturated/α-hetero) is 1. The molecule has 0 amide bonds. The number of esters is 2. The molecule has 6 rings (SSSR count). The second-order valence-electron chi connectivity index (χ2n) is 14.2. The summed E-state index contributed by atoms with van der Waals surface area (Å²) in [6.45, 7) is 4.29. The highest BCUT2D eigenvalue weighted by Crippen LogP contribution is 2.66. The van der Waals surface area contributed by atoms with Crippen LogP contribution in [0.5, 0.6) is 0 Å². The molecule has 5 aliphatic rings. The maximum atomic E-state index is 13.0. The molecule has 0 bridgehead atoms. The summed E-state index contributed by atoms with van der Waals surface area (Å²) >= 11 is 1.81. The highest BCUT2D eigenvalue weighted by Gasteiger charge is 2.61. The van der Waals surface area contributed by atoms with Crippen molar-refractivity contribution in [1.82, 2.24) is 9.55 Å². The van der Waals surface area contributed by atoms with Crippen molar-refractivity contribution in [2.75, 3.05) is 6.61 Å². The Morgan fingerprint density at radius 2 is 1.73 bits per heavy atom. The number of aromatic amines is 1. The van der Waals surface area contributed by atoms with Crippen molar-refractivity contribution in [3.05, 3.63) is 30.6 Å². The van der Waals surface area contributed by atoms with E-state index in [2.05, 4.69) is 18.8 Å². The molecule has 0 radical (unpaired) electrons. The van der Waals surface area contributed by atoms with Gasteiger partial charge >= 0.3 is 17.6 Å². The summed E-state index contributed by atoms with van der Waals surface area (Å²) in [6, 6.07) is 0. The zero-order valence-electron chi connectivity index (χ0n) is 25.4. The Morgan fingerprint density at radius 1 is 1.02 bits per heavy atom. The first-order valence-corrected chi connectivity index (χ1v) is 17.2. The predicted molar refractivity (Wildman–Crippen MR) is 172 cm³/mol. The van der Waals surface area contributed by atoms with E-state index in [9.17, 15) is 29.1 Å². The molecular formula is C33H47IN2O9. The number of H-pyrrole nitrogens is 1. The molecule has 5 unspecified atom stereocenters. The van der Waals surface area contributed by atoms with Gasteiger partial charge in [-0.05, 0) is 96.6 Å². The lowest BCUT2D eigenvalue weighted by molar-refractivity contribution is -0.167. The first-order valence-electron chi connectivity index (χ1n) is 16.1. The molecule has 2 N–H and O–H groups in total. The number of fused-ring (bicyclic) bond motifs is 5. The number of aliphatic hydroxyl groups is 1. The van der Waals surface area contributed by atoms with Gasteiger partial charge in [0.15, 0.2) is 0 Å². The number of ketones is 1. The molecule has 4 saturated carbocycles. The number of aromatic nitrogens is 2. The van der Waals surface area contributed by atoms with Gasteiger partial charge in [-0.3, -0.25) is 28.7 Å². The fourth-order valence-corrected chi connectivity index (χ4v) is 10.1. The molecule has 1 aromatic heterocycles. The van der Waals surface area contributed by atoms with Crippen LogP contribution in [0, 0.1) is 38.1 Å². The van der Waals surface area contributed by atoms with E-state index in [4.69, 9.17) is 14.2 Å². The van der Waals surface area contributed by atoms with Crippen molar-refractivity contribution in [2.24, 2.45) is 34.5 Å². The maximum Gasteiger partial charge on any atom is 0.330 e. The number of nitrogens with one attached hydrogen (secondary N) is 1. The molecular weight excluding hydrogens is 693 g/mol. The van der Waals surface area contributed by atoms with Gasteiger partial charge in [-0.15, -0.1) is 0 Å². The van der Waals surface area contributed by atoms with Crippen LogP contribution in [0.4, 0.5) is 0 Å². The average molecular weight is 741 g/mol. The average Bonchev–Trinajstić information content (AvgIpc) is 3.54. The van der Waals surface area contributed by atoms with E-state index in [0.29, 0.717) is 39.4 Å². The molecule has 250 valence electrons. The predicted octanol–water partition coefficient (Wildman–Crippen LogP) is 4.27. The molecule has 12 heteroatoms. The van der Waals surface area contributed by atoms with E-state index in [-0.39, 0.29) is 43.6 Å². The lowest BCUT2D eigenvalue weighted by Gasteiger charge is -2.60. The maximum absolute atomic E-state index is 13.0. The summed E-state index contributed by atoms with van der Waals surface area (Å²) in [5.41, 5.74) is -1.00. The van der Waals surface area contributed by atoms with Crippen molar-refractivity contribution in [3.63, 3.8) is 0 Å². The molecule has 5 fully saturated rings. The Morgan fingerprint density at radius 3 is 2.47 bits per heavy atom. The van der Waals surface area contributed by atoms with E-state index in [1.165, 1.54) is 10.8 Å². The highest BCUT2D eigenvalue weighted by molar-refractivity contribution is 14.1. The Labute approximate surface area is 277 Å². The minimum Gasteiger partial charge on any atom is -0.462 e. The third-order valence-corrected chi connectivity index (χ3v) is 12.8. The monoisotopic (exact) mass is 740 g/mol. The first kappa shape index (κ1) is 34.3. The Kier molecular flexibility index (Phi) is 10.1. The summed E-state index contributed by atoms with van der Waals surface area (Å²) in [6.07, 6.45) is 7.31. The lowest BCUT2D eigenvalue weighted by atomic mass is 9.45. The molecule has 11 nitrogen and oxygen atoms in total. The molecule has 0 spiro atoms. The van der Waals surface area contributed by atoms with Crippen molar-refractivity contribution in [1.29, 1.82) is 0 Å². The fraction of sp³-hybridized carbons (Fsp3) is 0.788. The molecule has 1 aromatic rings. The molecule has 10 atom stereocenters. The summed E-state index contributed by atoms with van der Waals surface area (Å²) in [7, 11) is 0. The van der Waals surface area contributed by atoms with E-state index in [0.717, 1.165) is 51.4 Å². The van der Waals surface area contributed by atoms with Crippen LogP contribution in [-0.2, 0) is 28.6 Å². The molecule has 2 heterocycles. The minimum atomic E-state index is -0.843. The lowest BCUT2D eigenvalue weighted by Crippen LogP contribution is -2.54. The van der Waals surface area contributed by atoms with Gasteiger partial charge in [0.25, 0.3) is 5.56 Å². The van der Waals surface area contributed by atoms with Gasteiger partial charge in [0.1, 0.15) is 30.3 Å². The third kappa shape index (κ3) is 6.31. The number of halogens is 1. The van der Waals surface area contributed by atoms with Crippen molar-refractivity contribution < 1.29 is 33.7 Å². The van der Waals surface area contributed by atoms with E-state index in [1.807, 2.05) is 0 Å². The zero-order chi connectivity index (χ0) is 31.4. The smallest absolute Gasteiger partial charge is 0.330 e. The summed E-state index contributed by atoms with van der Waals surface area (Å²) in [5, 5.41) is 9.78. The number of aliphatic hydroxyl groups excluding tert-OH is 1. The SMILES string of the molecule is C.C[C@]12CCC3C(CC[C@H]4CC(=O)CC[C@]34C)[C@@H]1CC[C@@H]2OC(=O)CCC(=O)OC1CC(n2cc([125I])c(=O)[nH]c2=O)OC1CO. The summed E-state index contributed by atoms with van der Waals surface area (Å²) in [4.78, 5) is 64.1. The second-order valence-corrected chi connectivity index (χ2v) is 15.4. The highest BCUT2D eigenvalue weighted by atomic mass is 125. The van der Waals surface area contributed by atoms with Gasteiger partial charge in [-0.25, -0.2) is 4.79 Å². The standard InChI is InChI=1S/C32H43IN2O9.CH4/c1-31-11-9-18(37)13-17(31)3-4-19-20-5-6-25(32(20,2)12-10-21(19)31)44-28(39)8-7-27(38)43-23-14-26(42-24(23)16-36)35-15-22(33)29(40)34-30(35)41;/h15,17,19-21,23-26,36H,3-14,16H2,1-2H3,(H,34,40,41);1H4/t17-,19?,20-,21?,23?,24?,25-,26?,31-,32-;/m0./s1/i33-2;. The van der Waals surface area contributed by atoms with Crippen LogP contribution in [0.3, 0.4) is 0 Å². The third-order valence-electron chi connectivity index (χ3n) is 12.1. The van der Waals surface area contributed by atoms with Gasteiger partial charge in [0.2, 0.25) is 0 Å². The minimum absolute atomic E-state index is 0. The second kappa shape index (κ2) is 13.2. The van der Waals surface area contributed by atoms with Crippen LogP contribution in [0.2, 0.25) is 0 Å². The van der Waals surface area contributed by atoms with Gasteiger partial charge in [0.05, 0.1) is 23.0 Å². The largest absolute Gasteiger partial charge is 0.462 e. The number of nitrogens with zero attached hydrogens (tertiary/aromatic N) is 1. The molecule has 45 heavy (non-hydrogen) atoms. The van der Waals surface area contributed by atoms with E-state index >= 15 is 0 Å². The van der Waals surface area contributed by atoms with E-state index in [1.54, 1.807) is 22.6 Å².